The second kappa shape index (κ2) is 16.6. The van der Waals surface area contributed by atoms with Crippen molar-refractivity contribution in [3.63, 3.8) is 0 Å². The van der Waals surface area contributed by atoms with Gasteiger partial charge in [-0.2, -0.15) is 17.4 Å². The topological polar surface area (TPSA) is 61.9 Å². The standard InChI is InChI=1S/C27H49N3O3S/c1-4-5-12-21-29(2)22-13-7-6-8-14-23-33-27-19-17-26(18-20-27)30(3)34(31,32)28-24-25-15-10-9-11-16-25/h9-11,15-16,26-28H,4-8,12-14,17-24H2,1-3H3/t26-,27-. The number of rotatable bonds is 18. The molecule has 0 saturated heterocycles. The van der Waals surface area contributed by atoms with E-state index in [-0.39, 0.29) is 12.1 Å². The molecule has 1 aromatic rings. The molecule has 1 aliphatic carbocycles. The molecule has 1 aliphatic rings. The van der Waals surface area contributed by atoms with E-state index in [9.17, 15) is 8.42 Å². The summed E-state index contributed by atoms with van der Waals surface area (Å²) in [6.07, 6.45) is 14.1. The maximum absolute atomic E-state index is 12.7. The van der Waals surface area contributed by atoms with E-state index < -0.39 is 10.2 Å². The molecule has 7 heteroatoms. The van der Waals surface area contributed by atoms with E-state index in [0.29, 0.717) is 6.54 Å². The minimum Gasteiger partial charge on any atom is -0.378 e. The molecule has 0 bridgehead atoms. The smallest absolute Gasteiger partial charge is 0.279 e. The van der Waals surface area contributed by atoms with E-state index in [4.69, 9.17) is 4.74 Å². The van der Waals surface area contributed by atoms with Crippen LogP contribution in [0.25, 0.3) is 0 Å². The van der Waals surface area contributed by atoms with Crippen LogP contribution < -0.4 is 4.72 Å². The molecule has 2 rings (SSSR count). The number of hydrogen-bond donors (Lipinski definition) is 1. The van der Waals surface area contributed by atoms with Gasteiger partial charge in [-0.05, 0) is 70.6 Å². The molecule has 1 fully saturated rings. The van der Waals surface area contributed by atoms with Gasteiger partial charge in [-0.3, -0.25) is 0 Å². The zero-order valence-corrected chi connectivity index (χ0v) is 22.7. The summed E-state index contributed by atoms with van der Waals surface area (Å²) in [6, 6.07) is 9.68. The zero-order valence-electron chi connectivity index (χ0n) is 21.9. The lowest BCUT2D eigenvalue weighted by Gasteiger charge is -2.34. The average molecular weight is 496 g/mol. The number of nitrogens with zero attached hydrogens (tertiary/aromatic N) is 2. The minimum atomic E-state index is -3.48. The number of ether oxygens (including phenoxy) is 1. The highest BCUT2D eigenvalue weighted by Crippen LogP contribution is 2.26. The summed E-state index contributed by atoms with van der Waals surface area (Å²) in [4.78, 5) is 2.47. The first-order valence-electron chi connectivity index (χ1n) is 13.5. The Morgan fingerprint density at radius 3 is 2.18 bits per heavy atom. The van der Waals surface area contributed by atoms with Crippen LogP contribution in [0.5, 0.6) is 0 Å². The van der Waals surface area contributed by atoms with Crippen molar-refractivity contribution < 1.29 is 13.2 Å². The number of hydrogen-bond acceptors (Lipinski definition) is 4. The molecule has 1 saturated carbocycles. The Morgan fingerprint density at radius 2 is 1.50 bits per heavy atom. The predicted molar refractivity (Wildman–Crippen MR) is 142 cm³/mol. The molecule has 0 atom stereocenters. The van der Waals surface area contributed by atoms with Gasteiger partial charge in [-0.25, -0.2) is 0 Å². The second-order valence-electron chi connectivity index (χ2n) is 9.91. The van der Waals surface area contributed by atoms with Crippen LogP contribution in [0, 0.1) is 0 Å². The van der Waals surface area contributed by atoms with Crippen molar-refractivity contribution >= 4 is 10.2 Å². The van der Waals surface area contributed by atoms with E-state index in [1.165, 1.54) is 62.3 Å². The lowest BCUT2D eigenvalue weighted by atomic mass is 9.93. The van der Waals surface area contributed by atoms with Crippen molar-refractivity contribution in [3.05, 3.63) is 35.9 Å². The molecule has 0 radical (unpaired) electrons. The molecular weight excluding hydrogens is 446 g/mol. The summed E-state index contributed by atoms with van der Waals surface area (Å²) in [6.45, 7) is 5.86. The van der Waals surface area contributed by atoms with Gasteiger partial charge in [-0.15, -0.1) is 0 Å². The van der Waals surface area contributed by atoms with Gasteiger partial charge in [0.1, 0.15) is 0 Å². The van der Waals surface area contributed by atoms with Crippen molar-refractivity contribution in [1.29, 1.82) is 0 Å². The first kappa shape index (κ1) is 29.2. The third kappa shape index (κ3) is 11.6. The van der Waals surface area contributed by atoms with E-state index in [2.05, 4.69) is 23.6 Å². The summed E-state index contributed by atoms with van der Waals surface area (Å²) in [5, 5.41) is 0. The molecule has 0 amide bonds. The summed E-state index contributed by atoms with van der Waals surface area (Å²) in [5.74, 6) is 0. The Morgan fingerprint density at radius 1 is 0.882 bits per heavy atom. The normalized spacial score (nSPS) is 19.2. The predicted octanol–water partition coefficient (Wildman–Crippen LogP) is 5.35. The van der Waals surface area contributed by atoms with E-state index in [0.717, 1.165) is 44.3 Å². The molecule has 6 nitrogen and oxygen atoms in total. The van der Waals surface area contributed by atoms with Crippen LogP contribution in [0.1, 0.15) is 89.5 Å². The van der Waals surface area contributed by atoms with Crippen molar-refractivity contribution in [2.45, 2.75) is 103 Å². The molecule has 1 aromatic carbocycles. The summed E-state index contributed by atoms with van der Waals surface area (Å²) in [7, 11) is 0.460. The fraction of sp³-hybridized carbons (Fsp3) is 0.778. The highest BCUT2D eigenvalue weighted by molar-refractivity contribution is 7.87. The third-order valence-corrected chi connectivity index (χ3v) is 8.59. The van der Waals surface area contributed by atoms with Gasteiger partial charge in [0.25, 0.3) is 10.2 Å². The molecule has 34 heavy (non-hydrogen) atoms. The van der Waals surface area contributed by atoms with Crippen LogP contribution >= 0.6 is 0 Å². The molecule has 1 N–H and O–H groups in total. The van der Waals surface area contributed by atoms with Gasteiger partial charge in [0.05, 0.1) is 6.10 Å². The van der Waals surface area contributed by atoms with Crippen LogP contribution in [-0.4, -0.2) is 63.6 Å². The Labute approximate surface area is 209 Å². The summed E-state index contributed by atoms with van der Waals surface area (Å²) in [5.41, 5.74) is 0.964. The monoisotopic (exact) mass is 495 g/mol. The molecule has 0 aromatic heterocycles. The highest BCUT2D eigenvalue weighted by Gasteiger charge is 2.30. The van der Waals surface area contributed by atoms with Crippen molar-refractivity contribution in [2.75, 3.05) is 33.8 Å². The van der Waals surface area contributed by atoms with Crippen molar-refractivity contribution in [1.82, 2.24) is 13.9 Å². The summed E-state index contributed by atoms with van der Waals surface area (Å²) < 4.78 is 35.7. The van der Waals surface area contributed by atoms with Crippen LogP contribution in [0.2, 0.25) is 0 Å². The van der Waals surface area contributed by atoms with E-state index in [1.807, 2.05) is 30.3 Å². The number of unbranched alkanes of at least 4 members (excludes halogenated alkanes) is 6. The zero-order chi connectivity index (χ0) is 24.7. The highest BCUT2D eigenvalue weighted by atomic mass is 32.2. The Balaban J connectivity index is 1.50. The van der Waals surface area contributed by atoms with Gasteiger partial charge < -0.3 is 9.64 Å². The minimum absolute atomic E-state index is 0.0493. The van der Waals surface area contributed by atoms with Gasteiger partial charge in [0.15, 0.2) is 0 Å². The van der Waals surface area contributed by atoms with Gasteiger partial charge in [0.2, 0.25) is 0 Å². The largest absolute Gasteiger partial charge is 0.378 e. The van der Waals surface area contributed by atoms with Gasteiger partial charge in [-0.1, -0.05) is 69.4 Å². The molecule has 0 aliphatic heterocycles. The van der Waals surface area contributed by atoms with Crippen LogP contribution in [0.15, 0.2) is 30.3 Å². The number of benzene rings is 1. The van der Waals surface area contributed by atoms with Crippen molar-refractivity contribution in [2.24, 2.45) is 0 Å². The molecule has 0 unspecified atom stereocenters. The maximum Gasteiger partial charge on any atom is 0.279 e. The van der Waals surface area contributed by atoms with Gasteiger partial charge in [0, 0.05) is 26.2 Å². The van der Waals surface area contributed by atoms with Crippen molar-refractivity contribution in [3.8, 4) is 0 Å². The fourth-order valence-corrected chi connectivity index (χ4v) is 5.81. The Hall–Kier alpha value is -0.990. The SMILES string of the molecule is CCCCCN(C)CCCCCCCO[C@H]1CC[C@H](N(C)S(=O)(=O)NCc2ccccc2)CC1. The lowest BCUT2D eigenvalue weighted by Crippen LogP contribution is -2.45. The molecular formula is C27H49N3O3S. The first-order chi connectivity index (χ1) is 16.4. The van der Waals surface area contributed by atoms with Crippen LogP contribution in [0.3, 0.4) is 0 Å². The summed E-state index contributed by atoms with van der Waals surface area (Å²) >= 11 is 0. The quantitative estimate of drug-likeness (QED) is 0.279. The molecule has 196 valence electrons. The lowest BCUT2D eigenvalue weighted by molar-refractivity contribution is 0.0156. The fourth-order valence-electron chi connectivity index (χ4n) is 4.65. The van der Waals surface area contributed by atoms with Gasteiger partial charge >= 0.3 is 0 Å². The average Bonchev–Trinajstić information content (AvgIpc) is 2.85. The third-order valence-electron chi connectivity index (χ3n) is 7.02. The van der Waals surface area contributed by atoms with E-state index in [1.54, 1.807) is 7.05 Å². The maximum atomic E-state index is 12.7. The van der Waals surface area contributed by atoms with E-state index >= 15 is 0 Å². The molecule has 0 heterocycles. The Kier molecular flexibility index (Phi) is 14.3. The Bertz CT molecular complexity index is 737. The molecule has 0 spiro atoms. The first-order valence-corrected chi connectivity index (χ1v) is 14.9. The van der Waals surface area contributed by atoms with Crippen LogP contribution in [0.4, 0.5) is 0 Å². The number of nitrogens with one attached hydrogen (secondary N) is 1. The van der Waals surface area contributed by atoms with Crippen LogP contribution in [-0.2, 0) is 21.5 Å². The second-order valence-corrected chi connectivity index (χ2v) is 11.7.